The molecule has 1 aromatic heterocycles. The van der Waals surface area contributed by atoms with Crippen LogP contribution in [0, 0.1) is 0 Å². The molecule has 6 nitrogen and oxygen atoms in total. The molecule has 1 heterocycles. The van der Waals surface area contributed by atoms with E-state index >= 15 is 0 Å². The topological polar surface area (TPSA) is 101 Å². The number of aromatic carboxylic acids is 1. The largest absolute Gasteiger partial charge is 0.476 e. The standard InChI is InChI=1S/C9H15N3O3/c1-9(2,15)3-4-12-5-6(10)7(11-12)8(13)14/h5,15H,3-4,10H2,1-2H3,(H,13,14). The van der Waals surface area contributed by atoms with E-state index < -0.39 is 11.6 Å². The Hall–Kier alpha value is -1.56. The number of nitrogen functional groups attached to an aromatic ring is 1. The fourth-order valence-electron chi connectivity index (χ4n) is 1.11. The lowest BCUT2D eigenvalue weighted by Crippen LogP contribution is -2.21. The van der Waals surface area contributed by atoms with Crippen molar-refractivity contribution in [1.29, 1.82) is 0 Å². The summed E-state index contributed by atoms with van der Waals surface area (Å²) in [6.07, 6.45) is 1.93. The molecule has 6 heteroatoms. The van der Waals surface area contributed by atoms with Gasteiger partial charge in [-0.2, -0.15) is 5.10 Å². The minimum absolute atomic E-state index is 0.137. The van der Waals surface area contributed by atoms with Crippen molar-refractivity contribution in [2.75, 3.05) is 5.73 Å². The Labute approximate surface area is 87.3 Å². The Morgan fingerprint density at radius 3 is 2.67 bits per heavy atom. The van der Waals surface area contributed by atoms with Crippen molar-refractivity contribution in [3.63, 3.8) is 0 Å². The van der Waals surface area contributed by atoms with Gasteiger partial charge < -0.3 is 15.9 Å². The fraction of sp³-hybridized carbons (Fsp3) is 0.556. The maximum Gasteiger partial charge on any atom is 0.358 e. The van der Waals surface area contributed by atoms with Crippen LogP contribution in [0.1, 0.15) is 30.8 Å². The monoisotopic (exact) mass is 213 g/mol. The van der Waals surface area contributed by atoms with E-state index in [9.17, 15) is 9.90 Å². The lowest BCUT2D eigenvalue weighted by molar-refractivity contribution is 0.0648. The lowest BCUT2D eigenvalue weighted by Gasteiger charge is -2.16. The molecule has 4 N–H and O–H groups in total. The van der Waals surface area contributed by atoms with Crippen molar-refractivity contribution in [1.82, 2.24) is 9.78 Å². The van der Waals surface area contributed by atoms with E-state index in [4.69, 9.17) is 10.8 Å². The molecule has 0 bridgehead atoms. The van der Waals surface area contributed by atoms with E-state index in [2.05, 4.69) is 5.10 Å². The zero-order valence-corrected chi connectivity index (χ0v) is 8.77. The summed E-state index contributed by atoms with van der Waals surface area (Å²) in [7, 11) is 0. The first-order valence-corrected chi connectivity index (χ1v) is 4.58. The molecule has 0 saturated carbocycles. The number of aryl methyl sites for hydroxylation is 1. The minimum atomic E-state index is -1.14. The summed E-state index contributed by atoms with van der Waals surface area (Å²) in [5, 5.41) is 22.0. The Morgan fingerprint density at radius 2 is 2.27 bits per heavy atom. The number of aromatic nitrogens is 2. The number of carboxylic acids is 1. The molecule has 0 aliphatic heterocycles. The third kappa shape index (κ3) is 3.25. The van der Waals surface area contributed by atoms with Gasteiger partial charge in [-0.3, -0.25) is 4.68 Å². The number of nitrogens with zero attached hydrogens (tertiary/aromatic N) is 2. The molecule has 0 aliphatic rings. The van der Waals surface area contributed by atoms with Gasteiger partial charge in [0.25, 0.3) is 0 Å². The van der Waals surface area contributed by atoms with E-state index in [1.807, 2.05) is 0 Å². The van der Waals surface area contributed by atoms with E-state index in [0.29, 0.717) is 13.0 Å². The van der Waals surface area contributed by atoms with Gasteiger partial charge >= 0.3 is 5.97 Å². The first-order valence-electron chi connectivity index (χ1n) is 4.58. The summed E-state index contributed by atoms with van der Waals surface area (Å²) >= 11 is 0. The van der Waals surface area contributed by atoms with Gasteiger partial charge in [-0.15, -0.1) is 0 Å². The van der Waals surface area contributed by atoms with Gasteiger partial charge in [-0.25, -0.2) is 4.79 Å². The van der Waals surface area contributed by atoms with Gasteiger partial charge in [0.2, 0.25) is 0 Å². The van der Waals surface area contributed by atoms with Crippen LogP contribution in [0.2, 0.25) is 0 Å². The van der Waals surface area contributed by atoms with Gasteiger partial charge in [0.05, 0.1) is 11.3 Å². The fourth-order valence-corrected chi connectivity index (χ4v) is 1.11. The highest BCUT2D eigenvalue weighted by atomic mass is 16.4. The molecule has 0 spiro atoms. The second-order valence-corrected chi connectivity index (χ2v) is 4.06. The van der Waals surface area contributed by atoms with Gasteiger partial charge in [0, 0.05) is 12.7 Å². The lowest BCUT2D eigenvalue weighted by atomic mass is 10.1. The molecular weight excluding hydrogens is 198 g/mol. The number of carbonyl (C=O) groups is 1. The predicted molar refractivity (Wildman–Crippen MR) is 54.5 cm³/mol. The zero-order valence-electron chi connectivity index (χ0n) is 8.77. The maximum absolute atomic E-state index is 10.6. The van der Waals surface area contributed by atoms with E-state index in [0.717, 1.165) is 0 Å². The number of hydrogen-bond acceptors (Lipinski definition) is 4. The highest BCUT2D eigenvalue weighted by Crippen LogP contribution is 2.12. The van der Waals surface area contributed by atoms with E-state index in [1.165, 1.54) is 10.9 Å². The Bertz CT molecular complexity index is 365. The van der Waals surface area contributed by atoms with Crippen LogP contribution in [-0.2, 0) is 6.54 Å². The highest BCUT2D eigenvalue weighted by molar-refractivity contribution is 5.91. The second kappa shape index (κ2) is 3.90. The third-order valence-corrected chi connectivity index (χ3v) is 1.95. The van der Waals surface area contributed by atoms with Gasteiger partial charge in [0.15, 0.2) is 5.69 Å². The minimum Gasteiger partial charge on any atom is -0.476 e. The summed E-state index contributed by atoms with van der Waals surface area (Å²) in [6, 6.07) is 0. The molecule has 0 atom stereocenters. The van der Waals surface area contributed by atoms with Crippen molar-refractivity contribution in [3.05, 3.63) is 11.9 Å². The first kappa shape index (κ1) is 11.5. The van der Waals surface area contributed by atoms with Crippen LogP contribution in [0.15, 0.2) is 6.20 Å². The molecule has 0 radical (unpaired) electrons. The molecule has 0 aromatic carbocycles. The second-order valence-electron chi connectivity index (χ2n) is 4.06. The molecule has 0 aliphatic carbocycles. The number of hydrogen-bond donors (Lipinski definition) is 3. The SMILES string of the molecule is CC(C)(O)CCn1cc(N)c(C(=O)O)n1. The molecule has 84 valence electrons. The number of rotatable bonds is 4. The number of nitrogens with two attached hydrogens (primary N) is 1. The van der Waals surface area contributed by atoms with Crippen LogP contribution in [0.25, 0.3) is 0 Å². The molecular formula is C9H15N3O3. The van der Waals surface area contributed by atoms with Crippen LogP contribution in [-0.4, -0.2) is 31.6 Å². The Kier molecular flexibility index (Phi) is 2.99. The molecule has 0 unspecified atom stereocenters. The summed E-state index contributed by atoms with van der Waals surface area (Å²) in [6.45, 7) is 3.79. The quantitative estimate of drug-likeness (QED) is 0.668. The number of aliphatic hydroxyl groups is 1. The van der Waals surface area contributed by atoms with Crippen molar-refractivity contribution in [2.24, 2.45) is 0 Å². The molecule has 0 fully saturated rings. The average molecular weight is 213 g/mol. The first-order chi connectivity index (χ1) is 6.79. The molecule has 1 aromatic rings. The van der Waals surface area contributed by atoms with Gasteiger partial charge in [0.1, 0.15) is 0 Å². The Balaban J connectivity index is 2.72. The summed E-state index contributed by atoms with van der Waals surface area (Å²) in [5.41, 5.74) is 4.64. The Morgan fingerprint density at radius 1 is 1.67 bits per heavy atom. The van der Waals surface area contributed by atoms with Crippen molar-refractivity contribution >= 4 is 11.7 Å². The number of carboxylic acid groups (broad SMARTS) is 1. The predicted octanol–water partition coefficient (Wildman–Crippen LogP) is 0.324. The highest BCUT2D eigenvalue weighted by Gasteiger charge is 2.16. The number of anilines is 1. The summed E-state index contributed by atoms with van der Waals surface area (Å²) < 4.78 is 1.43. The van der Waals surface area contributed by atoms with Crippen LogP contribution in [0.5, 0.6) is 0 Å². The summed E-state index contributed by atoms with van der Waals surface area (Å²) in [5.74, 6) is -1.14. The van der Waals surface area contributed by atoms with Crippen molar-refractivity contribution < 1.29 is 15.0 Å². The van der Waals surface area contributed by atoms with E-state index in [-0.39, 0.29) is 11.4 Å². The molecule has 1 rings (SSSR count). The summed E-state index contributed by atoms with van der Waals surface area (Å²) in [4.78, 5) is 10.6. The zero-order chi connectivity index (χ0) is 11.6. The van der Waals surface area contributed by atoms with Crippen LogP contribution in [0.3, 0.4) is 0 Å². The average Bonchev–Trinajstić information content (AvgIpc) is 2.42. The van der Waals surface area contributed by atoms with Crippen LogP contribution < -0.4 is 5.73 Å². The van der Waals surface area contributed by atoms with Gasteiger partial charge in [-0.05, 0) is 20.3 Å². The molecule has 0 amide bonds. The van der Waals surface area contributed by atoms with Crippen LogP contribution >= 0.6 is 0 Å². The maximum atomic E-state index is 10.6. The third-order valence-electron chi connectivity index (χ3n) is 1.95. The van der Waals surface area contributed by atoms with Gasteiger partial charge in [-0.1, -0.05) is 0 Å². The normalized spacial score (nSPS) is 11.7. The van der Waals surface area contributed by atoms with E-state index in [1.54, 1.807) is 13.8 Å². The van der Waals surface area contributed by atoms with Crippen molar-refractivity contribution in [2.45, 2.75) is 32.4 Å². The van der Waals surface area contributed by atoms with Crippen LogP contribution in [0.4, 0.5) is 5.69 Å². The molecule has 15 heavy (non-hydrogen) atoms. The smallest absolute Gasteiger partial charge is 0.358 e. The molecule has 0 saturated heterocycles. The van der Waals surface area contributed by atoms with Crippen molar-refractivity contribution in [3.8, 4) is 0 Å².